The number of amidine groups is 1. The van der Waals surface area contributed by atoms with Crippen LogP contribution in [0.1, 0.15) is 30.2 Å². The van der Waals surface area contributed by atoms with Gasteiger partial charge in [-0.15, -0.1) is 0 Å². The Balaban J connectivity index is 1.83. The molecule has 0 saturated heterocycles. The molecule has 6 heteroatoms. The third kappa shape index (κ3) is 4.63. The van der Waals surface area contributed by atoms with Crippen LogP contribution in [-0.4, -0.2) is 54.4 Å². The first-order valence-corrected chi connectivity index (χ1v) is 9.58. The van der Waals surface area contributed by atoms with Crippen LogP contribution in [-0.2, 0) is 6.42 Å². The average Bonchev–Trinajstić information content (AvgIpc) is 3.03. The van der Waals surface area contributed by atoms with Crippen LogP contribution in [0, 0.1) is 13.8 Å². The predicted octanol–water partition coefficient (Wildman–Crippen LogP) is 3.38. The van der Waals surface area contributed by atoms with Crippen molar-refractivity contribution in [3.05, 3.63) is 41.3 Å². The molecule has 0 fully saturated rings. The Morgan fingerprint density at radius 2 is 2.07 bits per heavy atom. The second-order valence-corrected chi connectivity index (χ2v) is 7.45. The summed E-state index contributed by atoms with van der Waals surface area (Å²) < 4.78 is 0. The maximum atomic E-state index is 4.84. The first kappa shape index (κ1) is 19.3. The van der Waals surface area contributed by atoms with Gasteiger partial charge in [-0.05, 0) is 65.9 Å². The van der Waals surface area contributed by atoms with E-state index in [1.165, 1.54) is 16.8 Å². The van der Waals surface area contributed by atoms with Crippen LogP contribution in [0.3, 0.4) is 0 Å². The summed E-state index contributed by atoms with van der Waals surface area (Å²) in [5.74, 6) is 1.79. The Morgan fingerprint density at radius 1 is 1.26 bits per heavy atom. The molecule has 1 aromatic heterocycles. The first-order chi connectivity index (χ1) is 13.0. The van der Waals surface area contributed by atoms with E-state index >= 15 is 0 Å². The van der Waals surface area contributed by atoms with Crippen molar-refractivity contribution in [3.63, 3.8) is 0 Å². The molecule has 3 rings (SSSR count). The van der Waals surface area contributed by atoms with Crippen LogP contribution < -0.4 is 10.2 Å². The lowest BCUT2D eigenvalue weighted by Crippen LogP contribution is -2.25. The van der Waals surface area contributed by atoms with E-state index in [2.05, 4.69) is 64.3 Å². The lowest BCUT2D eigenvalue weighted by Gasteiger charge is -2.21. The quantitative estimate of drug-likeness (QED) is 0.482. The molecule has 2 aromatic rings. The molecule has 0 aliphatic carbocycles. The molecule has 0 amide bonds. The molecule has 0 unspecified atom stereocenters. The highest BCUT2D eigenvalue weighted by Crippen LogP contribution is 2.39. The number of nitrogens with zero attached hydrogens (tertiary/aromatic N) is 5. The van der Waals surface area contributed by atoms with Gasteiger partial charge in [-0.1, -0.05) is 17.7 Å². The summed E-state index contributed by atoms with van der Waals surface area (Å²) in [5.41, 5.74) is 5.65. The van der Waals surface area contributed by atoms with E-state index in [0.29, 0.717) is 0 Å². The molecule has 0 spiro atoms. The molecule has 1 aliphatic heterocycles. The minimum atomic E-state index is 0.850. The molecular formula is C21H30N6. The molecular weight excluding hydrogens is 336 g/mol. The normalized spacial score (nSPS) is 14.0. The maximum absolute atomic E-state index is 4.84. The van der Waals surface area contributed by atoms with E-state index in [1.54, 1.807) is 6.33 Å². The number of benzene rings is 1. The van der Waals surface area contributed by atoms with Crippen LogP contribution in [0.2, 0.25) is 0 Å². The number of hydrogen-bond acceptors (Lipinski definition) is 5. The van der Waals surface area contributed by atoms with Crippen LogP contribution in [0.25, 0.3) is 0 Å². The van der Waals surface area contributed by atoms with Crippen LogP contribution in [0.4, 0.5) is 17.2 Å². The molecule has 27 heavy (non-hydrogen) atoms. The van der Waals surface area contributed by atoms with Crippen molar-refractivity contribution in [3.8, 4) is 0 Å². The Hall–Kier alpha value is -2.47. The van der Waals surface area contributed by atoms with Crippen LogP contribution >= 0.6 is 0 Å². The minimum Gasteiger partial charge on any atom is -0.374 e. The minimum absolute atomic E-state index is 0.850. The average molecular weight is 367 g/mol. The highest BCUT2D eigenvalue weighted by molar-refractivity contribution is 5.86. The molecule has 0 radical (unpaired) electrons. The lowest BCUT2D eigenvalue weighted by molar-refractivity contribution is 0.400. The Kier molecular flexibility index (Phi) is 6.06. The van der Waals surface area contributed by atoms with E-state index in [1.807, 2.05) is 13.8 Å². The number of fused-ring (bicyclic) bond motifs is 1. The first-order valence-electron chi connectivity index (χ1n) is 9.58. The summed E-state index contributed by atoms with van der Waals surface area (Å²) in [4.78, 5) is 18.3. The Bertz CT molecular complexity index is 827. The number of aryl methyl sites for hydroxylation is 2. The molecule has 0 bridgehead atoms. The van der Waals surface area contributed by atoms with Crippen LogP contribution in [0.5, 0.6) is 0 Å². The van der Waals surface area contributed by atoms with Crippen molar-refractivity contribution >= 4 is 23.0 Å². The number of aliphatic imine (C=N–C) groups is 1. The zero-order chi connectivity index (χ0) is 19.4. The second kappa shape index (κ2) is 8.48. The predicted molar refractivity (Wildman–Crippen MR) is 113 cm³/mol. The van der Waals surface area contributed by atoms with Gasteiger partial charge < -0.3 is 15.1 Å². The van der Waals surface area contributed by atoms with Crippen LogP contribution in [0.15, 0.2) is 29.5 Å². The summed E-state index contributed by atoms with van der Waals surface area (Å²) in [6, 6.07) is 6.62. The Morgan fingerprint density at radius 3 is 2.85 bits per heavy atom. The molecule has 2 heterocycles. The Labute approximate surface area is 162 Å². The smallest absolute Gasteiger partial charge is 0.162 e. The van der Waals surface area contributed by atoms with E-state index in [0.717, 1.165) is 55.5 Å². The third-order valence-electron chi connectivity index (χ3n) is 4.81. The van der Waals surface area contributed by atoms with Gasteiger partial charge in [0.2, 0.25) is 0 Å². The second-order valence-electron chi connectivity index (χ2n) is 7.45. The number of hydrogen-bond donors (Lipinski definition) is 1. The monoisotopic (exact) mass is 366 g/mol. The summed E-state index contributed by atoms with van der Waals surface area (Å²) in [6.45, 7) is 9.03. The van der Waals surface area contributed by atoms with Gasteiger partial charge in [0, 0.05) is 18.8 Å². The zero-order valence-electron chi connectivity index (χ0n) is 17.1. The van der Waals surface area contributed by atoms with Gasteiger partial charge in [0.1, 0.15) is 12.0 Å². The molecule has 1 aliphatic rings. The summed E-state index contributed by atoms with van der Waals surface area (Å²) in [5, 5.41) is 3.41. The molecule has 1 aromatic carbocycles. The van der Waals surface area contributed by atoms with Gasteiger partial charge in [-0.2, -0.15) is 0 Å². The van der Waals surface area contributed by atoms with Crippen molar-refractivity contribution in [2.45, 2.75) is 33.6 Å². The fourth-order valence-electron chi connectivity index (χ4n) is 3.41. The lowest BCUT2D eigenvalue weighted by atomic mass is 10.1. The standard InChI is InChI=1S/C21H30N6/c1-15-7-8-19-18(13-15)9-12-27(19)21-20(16(2)23-14-24-21)25-17(3)22-10-6-11-26(4)5/h7-8,13-14H,6,9-12H2,1-5H3,(H,22,25). The number of anilines is 2. The van der Waals surface area contributed by atoms with E-state index in [-0.39, 0.29) is 0 Å². The molecule has 6 nitrogen and oxygen atoms in total. The van der Waals surface area contributed by atoms with Gasteiger partial charge >= 0.3 is 0 Å². The van der Waals surface area contributed by atoms with Crippen molar-refractivity contribution in [2.24, 2.45) is 4.99 Å². The van der Waals surface area contributed by atoms with Gasteiger partial charge in [0.15, 0.2) is 5.82 Å². The van der Waals surface area contributed by atoms with Crippen molar-refractivity contribution in [2.75, 3.05) is 38.6 Å². The van der Waals surface area contributed by atoms with Gasteiger partial charge in [-0.25, -0.2) is 15.0 Å². The van der Waals surface area contributed by atoms with Gasteiger partial charge in [0.05, 0.1) is 11.5 Å². The van der Waals surface area contributed by atoms with E-state index in [9.17, 15) is 0 Å². The van der Waals surface area contributed by atoms with Gasteiger partial charge in [-0.3, -0.25) is 0 Å². The fraction of sp³-hybridized carbons (Fsp3) is 0.476. The maximum Gasteiger partial charge on any atom is 0.162 e. The van der Waals surface area contributed by atoms with Crippen molar-refractivity contribution in [1.29, 1.82) is 0 Å². The zero-order valence-corrected chi connectivity index (χ0v) is 17.1. The molecule has 0 saturated carbocycles. The molecule has 1 N–H and O–H groups in total. The fourth-order valence-corrected chi connectivity index (χ4v) is 3.41. The molecule has 144 valence electrons. The summed E-state index contributed by atoms with van der Waals surface area (Å²) in [6.07, 6.45) is 3.75. The summed E-state index contributed by atoms with van der Waals surface area (Å²) in [7, 11) is 4.18. The van der Waals surface area contributed by atoms with Crippen molar-refractivity contribution in [1.82, 2.24) is 20.2 Å². The SMILES string of the molecule is C/C(=N\c1c(C)ncnc1N1CCc2cc(C)ccc21)NCCCN(C)C. The highest BCUT2D eigenvalue weighted by Gasteiger charge is 2.24. The summed E-state index contributed by atoms with van der Waals surface area (Å²) >= 11 is 0. The largest absolute Gasteiger partial charge is 0.374 e. The number of nitrogens with one attached hydrogen (secondary N) is 1. The highest BCUT2D eigenvalue weighted by atomic mass is 15.2. The van der Waals surface area contributed by atoms with Crippen molar-refractivity contribution < 1.29 is 0 Å². The van der Waals surface area contributed by atoms with Gasteiger partial charge in [0.25, 0.3) is 0 Å². The number of aromatic nitrogens is 2. The topological polar surface area (TPSA) is 56.7 Å². The van der Waals surface area contributed by atoms with E-state index in [4.69, 9.17) is 4.99 Å². The van der Waals surface area contributed by atoms with E-state index < -0.39 is 0 Å². The third-order valence-corrected chi connectivity index (χ3v) is 4.81. The number of rotatable bonds is 6. The molecule has 0 atom stereocenters.